The first kappa shape index (κ1) is 17.4. The van der Waals surface area contributed by atoms with E-state index in [0.29, 0.717) is 42.7 Å². The van der Waals surface area contributed by atoms with Crippen LogP contribution in [0.15, 0.2) is 12.1 Å². The highest BCUT2D eigenvalue weighted by Gasteiger charge is 2.17. The number of rotatable bonds is 8. The minimum Gasteiger partial charge on any atom is -0.493 e. The molecule has 0 bridgehead atoms. The SMILES string of the molecule is COc1ccc(CCC(=O)NCC2CCCN2)c(OC)c1OC. The summed E-state index contributed by atoms with van der Waals surface area (Å²) in [5.74, 6) is 1.85. The van der Waals surface area contributed by atoms with Gasteiger partial charge in [0.1, 0.15) is 0 Å². The second-order valence-corrected chi connectivity index (χ2v) is 5.59. The molecule has 2 rings (SSSR count). The maximum absolute atomic E-state index is 12.0. The molecular formula is C17H26N2O4. The Labute approximate surface area is 137 Å². The minimum atomic E-state index is 0.0514. The number of aryl methyl sites for hydroxylation is 1. The molecular weight excluding hydrogens is 296 g/mol. The van der Waals surface area contributed by atoms with Gasteiger partial charge in [-0.2, -0.15) is 0 Å². The van der Waals surface area contributed by atoms with Crippen LogP contribution >= 0.6 is 0 Å². The van der Waals surface area contributed by atoms with Gasteiger partial charge < -0.3 is 24.8 Å². The Kier molecular flexibility index (Phi) is 6.52. The molecule has 6 nitrogen and oxygen atoms in total. The number of benzene rings is 1. The molecule has 0 spiro atoms. The van der Waals surface area contributed by atoms with E-state index in [1.165, 1.54) is 6.42 Å². The summed E-state index contributed by atoms with van der Waals surface area (Å²) in [4.78, 5) is 12.0. The fourth-order valence-electron chi connectivity index (χ4n) is 2.86. The molecule has 1 unspecified atom stereocenters. The molecule has 1 amide bonds. The van der Waals surface area contributed by atoms with Gasteiger partial charge in [0.2, 0.25) is 11.7 Å². The molecule has 1 atom stereocenters. The van der Waals surface area contributed by atoms with E-state index in [0.717, 1.165) is 18.5 Å². The first-order valence-electron chi connectivity index (χ1n) is 7.97. The fourth-order valence-corrected chi connectivity index (χ4v) is 2.86. The van der Waals surface area contributed by atoms with Gasteiger partial charge in [0.25, 0.3) is 0 Å². The zero-order valence-electron chi connectivity index (χ0n) is 14.1. The first-order valence-corrected chi connectivity index (χ1v) is 7.97. The fraction of sp³-hybridized carbons (Fsp3) is 0.588. The van der Waals surface area contributed by atoms with Crippen molar-refractivity contribution in [1.82, 2.24) is 10.6 Å². The second kappa shape index (κ2) is 8.62. The predicted molar refractivity (Wildman–Crippen MR) is 88.5 cm³/mol. The standard InChI is InChI=1S/C17H26N2O4/c1-21-14-8-6-12(16(22-2)17(14)23-3)7-9-15(20)19-11-13-5-4-10-18-13/h6,8,13,18H,4-5,7,9-11H2,1-3H3,(H,19,20). The van der Waals surface area contributed by atoms with Crippen LogP contribution in [-0.2, 0) is 11.2 Å². The van der Waals surface area contributed by atoms with E-state index in [-0.39, 0.29) is 5.91 Å². The highest BCUT2D eigenvalue weighted by atomic mass is 16.5. The van der Waals surface area contributed by atoms with Crippen LogP contribution in [-0.4, -0.2) is 46.4 Å². The lowest BCUT2D eigenvalue weighted by molar-refractivity contribution is -0.121. The van der Waals surface area contributed by atoms with Crippen molar-refractivity contribution in [3.63, 3.8) is 0 Å². The Morgan fingerprint density at radius 2 is 2.00 bits per heavy atom. The van der Waals surface area contributed by atoms with Gasteiger partial charge in [-0.05, 0) is 37.4 Å². The Morgan fingerprint density at radius 1 is 1.22 bits per heavy atom. The maximum atomic E-state index is 12.0. The summed E-state index contributed by atoms with van der Waals surface area (Å²) in [6.07, 6.45) is 3.32. The zero-order chi connectivity index (χ0) is 16.7. The number of carbonyl (C=O) groups is 1. The van der Waals surface area contributed by atoms with Crippen LogP contribution in [0.2, 0.25) is 0 Å². The monoisotopic (exact) mass is 322 g/mol. The smallest absolute Gasteiger partial charge is 0.220 e. The van der Waals surface area contributed by atoms with Crippen molar-refractivity contribution in [2.75, 3.05) is 34.4 Å². The topological polar surface area (TPSA) is 68.8 Å². The molecule has 1 saturated heterocycles. The van der Waals surface area contributed by atoms with Crippen LogP contribution in [0.4, 0.5) is 0 Å². The predicted octanol–water partition coefficient (Wildman–Crippen LogP) is 1.51. The van der Waals surface area contributed by atoms with Crippen LogP contribution in [0.3, 0.4) is 0 Å². The quantitative estimate of drug-likeness (QED) is 0.759. The van der Waals surface area contributed by atoms with Gasteiger partial charge in [0, 0.05) is 19.0 Å². The average Bonchev–Trinajstić information content (AvgIpc) is 3.10. The number of nitrogens with one attached hydrogen (secondary N) is 2. The van der Waals surface area contributed by atoms with E-state index in [2.05, 4.69) is 10.6 Å². The van der Waals surface area contributed by atoms with E-state index in [1.807, 2.05) is 12.1 Å². The second-order valence-electron chi connectivity index (χ2n) is 5.59. The van der Waals surface area contributed by atoms with Crippen LogP contribution in [0.25, 0.3) is 0 Å². The lowest BCUT2D eigenvalue weighted by Crippen LogP contribution is -2.37. The van der Waals surface area contributed by atoms with Gasteiger partial charge in [0.15, 0.2) is 11.5 Å². The largest absolute Gasteiger partial charge is 0.493 e. The van der Waals surface area contributed by atoms with E-state index < -0.39 is 0 Å². The van der Waals surface area contributed by atoms with Gasteiger partial charge in [-0.3, -0.25) is 4.79 Å². The lowest BCUT2D eigenvalue weighted by atomic mass is 10.1. The summed E-state index contributed by atoms with van der Waals surface area (Å²) >= 11 is 0. The van der Waals surface area contributed by atoms with Gasteiger partial charge in [-0.1, -0.05) is 6.07 Å². The molecule has 1 aromatic carbocycles. The molecule has 0 radical (unpaired) electrons. The molecule has 0 aliphatic carbocycles. The number of methoxy groups -OCH3 is 3. The molecule has 1 aromatic rings. The highest BCUT2D eigenvalue weighted by Crippen LogP contribution is 2.40. The van der Waals surface area contributed by atoms with E-state index >= 15 is 0 Å². The first-order chi connectivity index (χ1) is 11.2. The lowest BCUT2D eigenvalue weighted by Gasteiger charge is -2.16. The maximum Gasteiger partial charge on any atom is 0.220 e. The van der Waals surface area contributed by atoms with Gasteiger partial charge in [0.05, 0.1) is 21.3 Å². The van der Waals surface area contributed by atoms with Gasteiger partial charge in [-0.15, -0.1) is 0 Å². The van der Waals surface area contributed by atoms with Crippen LogP contribution in [0.5, 0.6) is 17.2 Å². The van der Waals surface area contributed by atoms with Crippen molar-refractivity contribution >= 4 is 5.91 Å². The highest BCUT2D eigenvalue weighted by molar-refractivity contribution is 5.76. The number of ether oxygens (including phenoxy) is 3. The molecule has 2 N–H and O–H groups in total. The van der Waals surface area contributed by atoms with Crippen molar-refractivity contribution < 1.29 is 19.0 Å². The molecule has 0 aromatic heterocycles. The van der Waals surface area contributed by atoms with Crippen molar-refractivity contribution in [1.29, 1.82) is 0 Å². The molecule has 128 valence electrons. The normalized spacial score (nSPS) is 16.9. The number of carbonyl (C=O) groups excluding carboxylic acids is 1. The number of hydrogen-bond acceptors (Lipinski definition) is 5. The average molecular weight is 322 g/mol. The van der Waals surface area contributed by atoms with E-state index in [1.54, 1.807) is 21.3 Å². The summed E-state index contributed by atoms with van der Waals surface area (Å²) < 4.78 is 16.1. The third kappa shape index (κ3) is 4.51. The number of amides is 1. The zero-order valence-corrected chi connectivity index (χ0v) is 14.1. The molecule has 23 heavy (non-hydrogen) atoms. The summed E-state index contributed by atoms with van der Waals surface area (Å²) in [5.41, 5.74) is 0.930. The third-order valence-electron chi connectivity index (χ3n) is 4.12. The van der Waals surface area contributed by atoms with Crippen LogP contribution in [0.1, 0.15) is 24.8 Å². The van der Waals surface area contributed by atoms with Gasteiger partial charge >= 0.3 is 0 Å². The molecule has 1 fully saturated rings. The summed E-state index contributed by atoms with van der Waals surface area (Å²) in [5, 5.41) is 6.35. The van der Waals surface area contributed by atoms with Crippen LogP contribution in [0, 0.1) is 0 Å². The summed E-state index contributed by atoms with van der Waals surface area (Å²) in [6, 6.07) is 4.15. The molecule has 1 aliphatic heterocycles. The summed E-state index contributed by atoms with van der Waals surface area (Å²) in [7, 11) is 4.75. The van der Waals surface area contributed by atoms with Gasteiger partial charge in [-0.25, -0.2) is 0 Å². The van der Waals surface area contributed by atoms with Crippen molar-refractivity contribution in [2.24, 2.45) is 0 Å². The van der Waals surface area contributed by atoms with E-state index in [4.69, 9.17) is 14.2 Å². The van der Waals surface area contributed by atoms with Crippen LogP contribution < -0.4 is 24.8 Å². The molecule has 0 saturated carbocycles. The Hall–Kier alpha value is -1.95. The molecule has 6 heteroatoms. The van der Waals surface area contributed by atoms with Crippen molar-refractivity contribution in [3.8, 4) is 17.2 Å². The third-order valence-corrected chi connectivity index (χ3v) is 4.12. The summed E-state index contributed by atoms with van der Waals surface area (Å²) in [6.45, 7) is 1.74. The Morgan fingerprint density at radius 3 is 2.61 bits per heavy atom. The minimum absolute atomic E-state index is 0.0514. The van der Waals surface area contributed by atoms with Crippen molar-refractivity contribution in [3.05, 3.63) is 17.7 Å². The number of hydrogen-bond donors (Lipinski definition) is 2. The molecule has 1 aliphatic rings. The Bertz CT molecular complexity index is 528. The van der Waals surface area contributed by atoms with E-state index in [9.17, 15) is 4.79 Å². The van der Waals surface area contributed by atoms with Crippen molar-refractivity contribution in [2.45, 2.75) is 31.7 Å². The Balaban J connectivity index is 1.92. The molecule has 1 heterocycles.